The van der Waals surface area contributed by atoms with Crippen molar-refractivity contribution < 1.29 is 13.2 Å². The number of anilines is 1. The lowest BCUT2D eigenvalue weighted by Crippen LogP contribution is -2.41. The number of rotatable bonds is 6. The summed E-state index contributed by atoms with van der Waals surface area (Å²) < 4.78 is 23.8. The summed E-state index contributed by atoms with van der Waals surface area (Å²) in [5, 5.41) is 2.84. The van der Waals surface area contributed by atoms with Crippen molar-refractivity contribution in [3.8, 4) is 0 Å². The number of hydrogen-bond acceptors (Lipinski definition) is 4. The quantitative estimate of drug-likeness (QED) is 0.869. The zero-order valence-electron chi connectivity index (χ0n) is 12.7. The average molecular weight is 310 g/mol. The van der Waals surface area contributed by atoms with E-state index in [1.807, 2.05) is 19.0 Å². The van der Waals surface area contributed by atoms with Gasteiger partial charge in [-0.3, -0.25) is 9.69 Å². The number of sulfone groups is 1. The van der Waals surface area contributed by atoms with Gasteiger partial charge in [-0.1, -0.05) is 13.0 Å². The van der Waals surface area contributed by atoms with Gasteiger partial charge < -0.3 is 5.32 Å². The molecule has 0 radical (unpaired) electrons. The van der Waals surface area contributed by atoms with E-state index >= 15 is 0 Å². The van der Waals surface area contributed by atoms with Gasteiger partial charge >= 0.3 is 0 Å². The molecule has 21 heavy (non-hydrogen) atoms. The second-order valence-corrected chi connectivity index (χ2v) is 7.94. The van der Waals surface area contributed by atoms with Crippen LogP contribution in [0, 0.1) is 5.92 Å². The summed E-state index contributed by atoms with van der Waals surface area (Å²) in [5.41, 5.74) is 0.530. The van der Waals surface area contributed by atoms with Gasteiger partial charge in [0.1, 0.15) is 0 Å². The first-order valence-corrected chi connectivity index (χ1v) is 8.80. The summed E-state index contributed by atoms with van der Waals surface area (Å²) in [5.74, 6) is 0.378. The third kappa shape index (κ3) is 3.83. The van der Waals surface area contributed by atoms with E-state index in [1.165, 1.54) is 6.07 Å². The molecule has 1 aromatic rings. The van der Waals surface area contributed by atoms with Crippen LogP contribution in [0.4, 0.5) is 5.69 Å². The van der Waals surface area contributed by atoms with Crippen LogP contribution < -0.4 is 5.32 Å². The van der Waals surface area contributed by atoms with Gasteiger partial charge in [-0.25, -0.2) is 8.42 Å². The molecule has 0 saturated heterocycles. The molecule has 0 heterocycles. The standard InChI is InChI=1S/C15H22N2O3S/c1-4-21(19,20)13-7-5-6-12(10-13)16-15(18)14(17(2)3)11-8-9-11/h5-7,10-11,14H,4,8-9H2,1-3H3,(H,16,18). The molecule has 116 valence electrons. The third-order valence-corrected chi connectivity index (χ3v) is 5.47. The van der Waals surface area contributed by atoms with Crippen LogP contribution in [0.25, 0.3) is 0 Å². The van der Waals surface area contributed by atoms with Crippen molar-refractivity contribution in [3.05, 3.63) is 24.3 Å². The molecule has 1 atom stereocenters. The lowest BCUT2D eigenvalue weighted by molar-refractivity contribution is -0.121. The molecule has 1 unspecified atom stereocenters. The molecular formula is C15H22N2O3S. The Bertz CT molecular complexity index is 620. The maximum Gasteiger partial charge on any atom is 0.241 e. The highest BCUT2D eigenvalue weighted by Gasteiger charge is 2.37. The van der Waals surface area contributed by atoms with Crippen molar-refractivity contribution in [2.45, 2.75) is 30.7 Å². The summed E-state index contributed by atoms with van der Waals surface area (Å²) in [6, 6.07) is 6.29. The average Bonchev–Trinajstić information content (AvgIpc) is 3.23. The molecular weight excluding hydrogens is 288 g/mol. The predicted octanol–water partition coefficient (Wildman–Crippen LogP) is 1.76. The zero-order valence-corrected chi connectivity index (χ0v) is 13.5. The van der Waals surface area contributed by atoms with E-state index < -0.39 is 9.84 Å². The predicted molar refractivity (Wildman–Crippen MR) is 83.0 cm³/mol. The lowest BCUT2D eigenvalue weighted by atomic mass is 10.1. The molecule has 1 aliphatic rings. The molecule has 0 spiro atoms. The van der Waals surface area contributed by atoms with Crippen LogP contribution in [0.15, 0.2) is 29.2 Å². The van der Waals surface area contributed by atoms with Crippen LogP contribution in [0.3, 0.4) is 0 Å². The summed E-state index contributed by atoms with van der Waals surface area (Å²) >= 11 is 0. The van der Waals surface area contributed by atoms with Crippen molar-refractivity contribution in [1.29, 1.82) is 0 Å². The summed E-state index contributed by atoms with van der Waals surface area (Å²) in [7, 11) is 0.520. The largest absolute Gasteiger partial charge is 0.325 e. The first kappa shape index (κ1) is 16.0. The molecule has 5 nitrogen and oxygen atoms in total. The number of benzene rings is 1. The third-order valence-electron chi connectivity index (χ3n) is 3.73. The van der Waals surface area contributed by atoms with E-state index in [4.69, 9.17) is 0 Å². The van der Waals surface area contributed by atoms with Crippen molar-refractivity contribution in [1.82, 2.24) is 4.90 Å². The molecule has 1 saturated carbocycles. The molecule has 0 bridgehead atoms. The van der Waals surface area contributed by atoms with Gasteiger partial charge in [-0.2, -0.15) is 0 Å². The van der Waals surface area contributed by atoms with Gasteiger partial charge in [0, 0.05) is 5.69 Å². The Morgan fingerprint density at radius 3 is 2.57 bits per heavy atom. The Hall–Kier alpha value is -1.40. The van der Waals surface area contributed by atoms with Crippen LogP contribution in [0.5, 0.6) is 0 Å². The molecule has 1 aliphatic carbocycles. The normalized spacial score (nSPS) is 16.8. The Labute approximate surface area is 126 Å². The van der Waals surface area contributed by atoms with Gasteiger partial charge in [0.05, 0.1) is 16.7 Å². The molecule has 1 amide bonds. The van der Waals surface area contributed by atoms with Crippen molar-refractivity contribution in [2.75, 3.05) is 25.2 Å². The Kier molecular flexibility index (Phi) is 4.68. The Morgan fingerprint density at radius 2 is 2.05 bits per heavy atom. The van der Waals surface area contributed by atoms with Crippen LogP contribution in [-0.2, 0) is 14.6 Å². The maximum absolute atomic E-state index is 12.4. The number of carbonyl (C=O) groups is 1. The fraction of sp³-hybridized carbons (Fsp3) is 0.533. The molecule has 1 fully saturated rings. The van der Waals surface area contributed by atoms with Crippen LogP contribution in [-0.4, -0.2) is 45.1 Å². The fourth-order valence-corrected chi connectivity index (χ4v) is 3.36. The monoisotopic (exact) mass is 310 g/mol. The first-order valence-electron chi connectivity index (χ1n) is 7.15. The number of hydrogen-bond donors (Lipinski definition) is 1. The van der Waals surface area contributed by atoms with Crippen molar-refractivity contribution in [3.63, 3.8) is 0 Å². The molecule has 6 heteroatoms. The Morgan fingerprint density at radius 1 is 1.38 bits per heavy atom. The van der Waals surface area contributed by atoms with E-state index in [1.54, 1.807) is 25.1 Å². The van der Waals surface area contributed by atoms with E-state index in [0.29, 0.717) is 11.6 Å². The van der Waals surface area contributed by atoms with Gasteiger partial charge in [-0.05, 0) is 51.1 Å². The first-order chi connectivity index (χ1) is 9.85. The van der Waals surface area contributed by atoms with Gasteiger partial charge in [-0.15, -0.1) is 0 Å². The van der Waals surface area contributed by atoms with Crippen molar-refractivity contribution >= 4 is 21.4 Å². The molecule has 2 rings (SSSR count). The fourth-order valence-electron chi connectivity index (χ4n) is 2.43. The van der Waals surface area contributed by atoms with E-state index in [0.717, 1.165) is 12.8 Å². The highest BCUT2D eigenvalue weighted by molar-refractivity contribution is 7.91. The topological polar surface area (TPSA) is 66.5 Å². The van der Waals surface area contributed by atoms with Crippen LogP contribution in [0.2, 0.25) is 0 Å². The lowest BCUT2D eigenvalue weighted by Gasteiger charge is -2.23. The number of nitrogens with one attached hydrogen (secondary N) is 1. The number of nitrogens with zero attached hydrogens (tertiary/aromatic N) is 1. The summed E-state index contributed by atoms with van der Waals surface area (Å²) in [6.45, 7) is 1.61. The van der Waals surface area contributed by atoms with E-state index in [-0.39, 0.29) is 22.6 Å². The number of likely N-dealkylation sites (N-methyl/N-ethyl adjacent to an activating group) is 1. The maximum atomic E-state index is 12.4. The molecule has 1 N–H and O–H groups in total. The minimum atomic E-state index is -3.26. The van der Waals surface area contributed by atoms with E-state index in [9.17, 15) is 13.2 Å². The highest BCUT2D eigenvalue weighted by atomic mass is 32.2. The second-order valence-electron chi connectivity index (χ2n) is 5.67. The zero-order chi connectivity index (χ0) is 15.6. The van der Waals surface area contributed by atoms with Gasteiger partial charge in [0.15, 0.2) is 9.84 Å². The highest BCUT2D eigenvalue weighted by Crippen LogP contribution is 2.35. The number of amides is 1. The van der Waals surface area contributed by atoms with Crippen molar-refractivity contribution in [2.24, 2.45) is 5.92 Å². The van der Waals surface area contributed by atoms with Gasteiger partial charge in [0.2, 0.25) is 5.91 Å². The minimum Gasteiger partial charge on any atom is -0.325 e. The molecule has 0 aliphatic heterocycles. The van der Waals surface area contributed by atoms with E-state index in [2.05, 4.69) is 5.32 Å². The summed E-state index contributed by atoms with van der Waals surface area (Å²) in [4.78, 5) is 14.5. The number of carbonyl (C=O) groups excluding carboxylic acids is 1. The molecule has 0 aromatic heterocycles. The Balaban J connectivity index is 2.16. The summed E-state index contributed by atoms with van der Waals surface area (Å²) in [6.07, 6.45) is 2.14. The SMILES string of the molecule is CCS(=O)(=O)c1cccc(NC(=O)C(C2CC2)N(C)C)c1. The van der Waals surface area contributed by atoms with Gasteiger partial charge in [0.25, 0.3) is 0 Å². The van der Waals surface area contributed by atoms with Crippen LogP contribution >= 0.6 is 0 Å². The minimum absolute atomic E-state index is 0.0484. The smallest absolute Gasteiger partial charge is 0.241 e. The molecule has 1 aromatic carbocycles. The second kappa shape index (κ2) is 6.15. The van der Waals surface area contributed by atoms with Crippen LogP contribution in [0.1, 0.15) is 19.8 Å².